The van der Waals surface area contributed by atoms with Gasteiger partial charge in [-0.1, -0.05) is 18.2 Å². The molecule has 63 valence electrons. The smallest absolute Gasteiger partial charge is 0.260 e. The average Bonchev–Trinajstić information content (AvgIpc) is 2.16. The Balaban J connectivity index is 2.38. The minimum atomic E-state index is -0.140. The van der Waals surface area contributed by atoms with E-state index in [9.17, 15) is 4.79 Å². The van der Waals surface area contributed by atoms with Crippen LogP contribution in [0.25, 0.3) is 0 Å². The van der Waals surface area contributed by atoms with Crippen LogP contribution in [-0.2, 0) is 4.79 Å². The second-order valence-electron chi connectivity index (χ2n) is 2.34. The van der Waals surface area contributed by atoms with Crippen molar-refractivity contribution in [3.8, 4) is 0 Å². The highest BCUT2D eigenvalue weighted by molar-refractivity contribution is 5.80. The van der Waals surface area contributed by atoms with Gasteiger partial charge in [-0.05, 0) is 12.1 Å². The van der Waals surface area contributed by atoms with Crippen LogP contribution in [0.4, 0.5) is 5.69 Å². The van der Waals surface area contributed by atoms with E-state index in [0.717, 1.165) is 5.69 Å². The summed E-state index contributed by atoms with van der Waals surface area (Å²) >= 11 is 0. The quantitative estimate of drug-likeness (QED) is 0.718. The first kappa shape index (κ1) is 8.59. The van der Waals surface area contributed by atoms with Crippen molar-refractivity contribution in [2.45, 2.75) is 0 Å². The zero-order valence-corrected chi connectivity index (χ0v) is 6.95. The molecule has 3 heteroatoms. The van der Waals surface area contributed by atoms with Crippen molar-refractivity contribution >= 4 is 11.6 Å². The van der Waals surface area contributed by atoms with Crippen LogP contribution in [0.1, 0.15) is 0 Å². The van der Waals surface area contributed by atoms with Gasteiger partial charge in [0.15, 0.2) is 0 Å². The minimum absolute atomic E-state index is 0.140. The lowest BCUT2D eigenvalue weighted by molar-refractivity contribution is -0.119. The molecular weight excluding hydrogens is 152 g/mol. The molecule has 12 heavy (non-hydrogen) atoms. The van der Waals surface area contributed by atoms with Gasteiger partial charge < -0.3 is 5.32 Å². The molecule has 0 fully saturated rings. The molecule has 1 amide bonds. The molecule has 0 saturated heterocycles. The van der Waals surface area contributed by atoms with E-state index in [0.29, 0.717) is 0 Å². The number of nitrogens with one attached hydrogen (secondary N) is 1. The summed E-state index contributed by atoms with van der Waals surface area (Å²) in [6, 6.07) is 9.56. The minimum Gasteiger partial charge on any atom is -0.376 e. The molecule has 0 atom stereocenters. The van der Waals surface area contributed by atoms with Crippen LogP contribution >= 0.6 is 0 Å². The number of carbonyl (C=O) groups is 1. The summed E-state index contributed by atoms with van der Waals surface area (Å²) in [4.78, 5) is 10.8. The van der Waals surface area contributed by atoms with Gasteiger partial charge in [-0.2, -0.15) is 0 Å². The summed E-state index contributed by atoms with van der Waals surface area (Å²) in [5.74, 6) is -0.140. The predicted octanol–water partition coefficient (Wildman–Crippen LogP) is 0.859. The van der Waals surface area contributed by atoms with E-state index in [-0.39, 0.29) is 12.5 Å². The molecule has 0 spiro atoms. The SMILES string of the molecule is C[N]C(=O)CNc1ccccc1. The van der Waals surface area contributed by atoms with Crippen LogP contribution in [0, 0.1) is 0 Å². The summed E-state index contributed by atoms with van der Waals surface area (Å²) in [5, 5.41) is 6.45. The molecule has 1 radical (unpaired) electrons. The predicted molar refractivity (Wildman–Crippen MR) is 48.0 cm³/mol. The van der Waals surface area contributed by atoms with Crippen LogP contribution in [-0.4, -0.2) is 19.5 Å². The highest BCUT2D eigenvalue weighted by Crippen LogP contribution is 2.03. The lowest BCUT2D eigenvalue weighted by atomic mass is 10.3. The average molecular weight is 163 g/mol. The number of rotatable bonds is 3. The number of nitrogens with zero attached hydrogens (tertiary/aromatic N) is 1. The van der Waals surface area contributed by atoms with E-state index in [1.54, 1.807) is 0 Å². The second kappa shape index (κ2) is 4.38. The first-order chi connectivity index (χ1) is 5.83. The monoisotopic (exact) mass is 163 g/mol. The van der Waals surface area contributed by atoms with Crippen molar-refractivity contribution in [1.29, 1.82) is 0 Å². The van der Waals surface area contributed by atoms with Crippen molar-refractivity contribution in [2.75, 3.05) is 18.9 Å². The number of carbonyl (C=O) groups excluding carboxylic acids is 1. The van der Waals surface area contributed by atoms with Crippen LogP contribution in [0.5, 0.6) is 0 Å². The van der Waals surface area contributed by atoms with E-state index in [1.807, 2.05) is 30.3 Å². The first-order valence-corrected chi connectivity index (χ1v) is 3.74. The van der Waals surface area contributed by atoms with Crippen LogP contribution in [0.3, 0.4) is 0 Å². The Morgan fingerprint density at radius 1 is 1.42 bits per heavy atom. The third kappa shape index (κ3) is 2.62. The number of benzene rings is 1. The number of likely N-dealkylation sites (N-methyl/N-ethyl adjacent to an activating group) is 1. The maximum absolute atomic E-state index is 10.8. The number of hydrogen-bond acceptors (Lipinski definition) is 2. The topological polar surface area (TPSA) is 43.2 Å². The van der Waals surface area contributed by atoms with Crippen LogP contribution in [0.2, 0.25) is 0 Å². The number of anilines is 1. The van der Waals surface area contributed by atoms with Gasteiger partial charge in [0.1, 0.15) is 0 Å². The fourth-order valence-electron chi connectivity index (χ4n) is 0.813. The highest BCUT2D eigenvalue weighted by Gasteiger charge is 1.96. The van der Waals surface area contributed by atoms with Crippen molar-refractivity contribution < 1.29 is 4.79 Å². The van der Waals surface area contributed by atoms with Gasteiger partial charge in [-0.15, -0.1) is 0 Å². The Kier molecular flexibility index (Phi) is 3.14. The molecule has 1 N–H and O–H groups in total. The zero-order valence-electron chi connectivity index (χ0n) is 6.95. The largest absolute Gasteiger partial charge is 0.376 e. The van der Waals surface area contributed by atoms with Gasteiger partial charge in [0.05, 0.1) is 6.54 Å². The molecule has 0 saturated carbocycles. The van der Waals surface area contributed by atoms with Crippen molar-refractivity contribution in [2.24, 2.45) is 0 Å². The molecule has 0 aliphatic heterocycles. The van der Waals surface area contributed by atoms with Crippen LogP contribution < -0.4 is 10.6 Å². The molecule has 0 unspecified atom stereocenters. The fourth-order valence-corrected chi connectivity index (χ4v) is 0.813. The number of amides is 1. The summed E-state index contributed by atoms with van der Waals surface area (Å²) in [5.41, 5.74) is 0.939. The van der Waals surface area contributed by atoms with E-state index < -0.39 is 0 Å². The van der Waals surface area contributed by atoms with E-state index >= 15 is 0 Å². The van der Waals surface area contributed by atoms with Gasteiger partial charge >= 0.3 is 0 Å². The molecular formula is C9H11N2O. The Hall–Kier alpha value is -1.51. The van der Waals surface area contributed by atoms with Gasteiger partial charge in [0.2, 0.25) is 0 Å². The maximum Gasteiger partial charge on any atom is 0.260 e. The molecule has 0 bridgehead atoms. The molecule has 0 aliphatic carbocycles. The van der Waals surface area contributed by atoms with Crippen LogP contribution in [0.15, 0.2) is 30.3 Å². The van der Waals surface area contributed by atoms with Gasteiger partial charge in [0.25, 0.3) is 5.91 Å². The van der Waals surface area contributed by atoms with Gasteiger partial charge in [0, 0.05) is 12.7 Å². The van der Waals surface area contributed by atoms with E-state index in [4.69, 9.17) is 0 Å². The van der Waals surface area contributed by atoms with E-state index in [2.05, 4.69) is 10.6 Å². The Morgan fingerprint density at radius 3 is 2.67 bits per heavy atom. The van der Waals surface area contributed by atoms with Crippen molar-refractivity contribution in [3.63, 3.8) is 0 Å². The summed E-state index contributed by atoms with van der Waals surface area (Å²) in [7, 11) is 1.50. The maximum atomic E-state index is 10.8. The summed E-state index contributed by atoms with van der Waals surface area (Å²) < 4.78 is 0. The Bertz CT molecular complexity index is 246. The lowest BCUT2D eigenvalue weighted by Crippen LogP contribution is -2.20. The normalized spacial score (nSPS) is 9.08. The molecule has 0 aliphatic rings. The molecule has 0 heterocycles. The van der Waals surface area contributed by atoms with Gasteiger partial charge in [-0.25, -0.2) is 0 Å². The third-order valence-electron chi connectivity index (χ3n) is 1.47. The number of para-hydroxylation sites is 1. The van der Waals surface area contributed by atoms with E-state index in [1.165, 1.54) is 7.05 Å². The molecule has 1 rings (SSSR count). The van der Waals surface area contributed by atoms with Crippen molar-refractivity contribution in [3.05, 3.63) is 30.3 Å². The lowest BCUT2D eigenvalue weighted by Gasteiger charge is -2.02. The Morgan fingerprint density at radius 2 is 2.08 bits per heavy atom. The van der Waals surface area contributed by atoms with Crippen molar-refractivity contribution in [1.82, 2.24) is 5.32 Å². The zero-order chi connectivity index (χ0) is 8.81. The molecule has 1 aromatic carbocycles. The molecule has 0 aromatic heterocycles. The summed E-state index contributed by atoms with van der Waals surface area (Å²) in [6.45, 7) is 0.264. The summed E-state index contributed by atoms with van der Waals surface area (Å²) in [6.07, 6.45) is 0. The fraction of sp³-hybridized carbons (Fsp3) is 0.222. The van der Waals surface area contributed by atoms with Gasteiger partial charge in [-0.3, -0.25) is 10.1 Å². The molecule has 3 nitrogen and oxygen atoms in total. The highest BCUT2D eigenvalue weighted by atomic mass is 16.1. The standard InChI is InChI=1S/C9H11N2O/c1-10-9(12)7-11-8-5-3-2-4-6-8/h2-6,11H,7H2,1H3. The second-order valence-corrected chi connectivity index (χ2v) is 2.34. The molecule has 1 aromatic rings. The number of hydrogen-bond donors (Lipinski definition) is 1. The first-order valence-electron chi connectivity index (χ1n) is 3.74. The third-order valence-corrected chi connectivity index (χ3v) is 1.47. The Labute approximate surface area is 71.8 Å².